The quantitative estimate of drug-likeness (QED) is 0.461. The first-order valence-electron chi connectivity index (χ1n) is 12.8. The second kappa shape index (κ2) is 15.2. The third-order valence-corrected chi connectivity index (χ3v) is 5.49. The summed E-state index contributed by atoms with van der Waals surface area (Å²) in [4.78, 5) is 31.3. The lowest BCUT2D eigenvalue weighted by molar-refractivity contribution is 0.0603. The number of nitrogens with one attached hydrogen (secondary N) is 2. The maximum absolute atomic E-state index is 13.1. The van der Waals surface area contributed by atoms with Gasteiger partial charge in [0.2, 0.25) is 5.96 Å². The van der Waals surface area contributed by atoms with Gasteiger partial charge in [0.05, 0.1) is 6.61 Å². The van der Waals surface area contributed by atoms with Crippen molar-refractivity contribution < 1.29 is 19.1 Å². The molecule has 3 amide bonds. The summed E-state index contributed by atoms with van der Waals surface area (Å²) in [5.41, 5.74) is 5.77. The van der Waals surface area contributed by atoms with Crippen LogP contribution in [0.3, 0.4) is 0 Å². The van der Waals surface area contributed by atoms with E-state index in [9.17, 15) is 9.59 Å². The highest BCUT2D eigenvalue weighted by Gasteiger charge is 2.20. The molecule has 0 aromatic heterocycles. The summed E-state index contributed by atoms with van der Waals surface area (Å²) >= 11 is 0. The van der Waals surface area contributed by atoms with Crippen molar-refractivity contribution in [3.63, 3.8) is 0 Å². The molecule has 0 fully saturated rings. The van der Waals surface area contributed by atoms with Crippen LogP contribution in [-0.2, 0) is 11.3 Å². The lowest BCUT2D eigenvalue weighted by Crippen LogP contribution is -2.48. The van der Waals surface area contributed by atoms with Crippen LogP contribution in [0.2, 0.25) is 0 Å². The Kier molecular flexibility index (Phi) is 12.4. The Morgan fingerprint density at radius 2 is 1.83 bits per heavy atom. The zero-order valence-electron chi connectivity index (χ0n) is 21.6. The second-order valence-electron chi connectivity index (χ2n) is 9.78. The van der Waals surface area contributed by atoms with Crippen molar-refractivity contribution in [2.45, 2.75) is 84.3 Å². The van der Waals surface area contributed by atoms with Crippen LogP contribution in [0.25, 0.3) is 0 Å². The van der Waals surface area contributed by atoms with Crippen molar-refractivity contribution in [1.29, 1.82) is 0 Å². The summed E-state index contributed by atoms with van der Waals surface area (Å²) in [5, 5.41) is 5.87. The Morgan fingerprint density at radius 1 is 1.11 bits per heavy atom. The molecule has 35 heavy (non-hydrogen) atoms. The molecule has 1 aromatic rings. The number of hydrogen-bond donors (Lipinski definition) is 3. The van der Waals surface area contributed by atoms with Crippen molar-refractivity contribution in [2.24, 2.45) is 10.7 Å². The highest BCUT2D eigenvalue weighted by atomic mass is 16.6. The van der Waals surface area contributed by atoms with E-state index in [1.807, 2.05) is 24.3 Å². The van der Waals surface area contributed by atoms with E-state index in [4.69, 9.17) is 15.2 Å². The minimum Gasteiger partial charge on any atom is -0.493 e. The average Bonchev–Trinajstić information content (AvgIpc) is 2.80. The van der Waals surface area contributed by atoms with Gasteiger partial charge in [-0.25, -0.2) is 9.59 Å². The predicted molar refractivity (Wildman–Crippen MR) is 139 cm³/mol. The maximum atomic E-state index is 13.1. The first-order chi connectivity index (χ1) is 16.8. The lowest BCUT2D eigenvalue weighted by atomic mass is 10.1. The van der Waals surface area contributed by atoms with Crippen LogP contribution in [0.4, 0.5) is 9.59 Å². The number of guanidine groups is 1. The average molecular weight is 490 g/mol. The van der Waals surface area contributed by atoms with E-state index in [-0.39, 0.29) is 12.0 Å². The normalized spacial score (nSPS) is 16.6. The molecule has 1 heterocycles. The van der Waals surface area contributed by atoms with Gasteiger partial charge in [-0.3, -0.25) is 5.32 Å². The number of rotatable bonds is 8. The number of nitrogens with zero attached hydrogens (tertiary/aromatic N) is 2. The summed E-state index contributed by atoms with van der Waals surface area (Å²) in [6.07, 6.45) is 7.38. The zero-order valence-corrected chi connectivity index (χ0v) is 21.6. The van der Waals surface area contributed by atoms with Gasteiger partial charge in [0.25, 0.3) is 0 Å². The molecule has 2 rings (SSSR count). The maximum Gasteiger partial charge on any atom is 0.437 e. The SMILES string of the molecule is CC(C)(C)OC(=O)/N=C1\NCc2ccccc2OCCCCN(CCCCCCCCN)C(=O)N1. The molecule has 0 radical (unpaired) electrons. The number of hydrogen-bond acceptors (Lipinski definition) is 5. The third-order valence-electron chi connectivity index (χ3n) is 5.49. The molecule has 4 N–H and O–H groups in total. The third kappa shape index (κ3) is 11.9. The van der Waals surface area contributed by atoms with E-state index in [0.717, 1.165) is 69.2 Å². The molecular weight excluding hydrogens is 446 g/mol. The molecule has 9 heteroatoms. The standard InChI is InChI=1S/C26H43N5O4/c1-26(2,3)35-25(33)30-23-28-20-21-14-8-9-15-22(21)34-19-13-12-18-31(24(32)29-23)17-11-7-5-4-6-10-16-27/h8-9,14-15H,4-7,10-13,16-20,27H2,1-3H3,(H2,28,29,30,32,33). The number of benzene rings is 1. The van der Waals surface area contributed by atoms with Gasteiger partial charge >= 0.3 is 12.1 Å². The van der Waals surface area contributed by atoms with Crippen molar-refractivity contribution in [3.8, 4) is 5.75 Å². The molecule has 196 valence electrons. The predicted octanol–water partition coefficient (Wildman–Crippen LogP) is 4.55. The molecule has 0 saturated carbocycles. The van der Waals surface area contributed by atoms with Crippen LogP contribution in [0, 0.1) is 0 Å². The van der Waals surface area contributed by atoms with Gasteiger partial charge in [0.1, 0.15) is 11.4 Å². The van der Waals surface area contributed by atoms with E-state index in [2.05, 4.69) is 15.6 Å². The van der Waals surface area contributed by atoms with E-state index in [1.54, 1.807) is 25.7 Å². The van der Waals surface area contributed by atoms with Crippen molar-refractivity contribution in [3.05, 3.63) is 29.8 Å². The van der Waals surface area contributed by atoms with Crippen LogP contribution in [0.1, 0.15) is 77.7 Å². The molecule has 0 unspecified atom stereocenters. The minimum absolute atomic E-state index is 0.0603. The van der Waals surface area contributed by atoms with Crippen molar-refractivity contribution in [2.75, 3.05) is 26.2 Å². The molecule has 0 aliphatic carbocycles. The van der Waals surface area contributed by atoms with Crippen LogP contribution < -0.4 is 21.1 Å². The van der Waals surface area contributed by atoms with Gasteiger partial charge in [-0.15, -0.1) is 4.99 Å². The molecule has 0 bridgehead atoms. The Bertz CT molecular complexity index is 822. The van der Waals surface area contributed by atoms with E-state index < -0.39 is 11.7 Å². The van der Waals surface area contributed by atoms with Gasteiger partial charge in [0, 0.05) is 25.2 Å². The number of amides is 3. The highest BCUT2D eigenvalue weighted by molar-refractivity contribution is 6.00. The summed E-state index contributed by atoms with van der Waals surface area (Å²) in [7, 11) is 0. The molecule has 0 saturated heterocycles. The molecule has 1 aliphatic rings. The lowest BCUT2D eigenvalue weighted by Gasteiger charge is -2.24. The minimum atomic E-state index is -0.766. The number of unbranched alkanes of at least 4 members (excludes halogenated alkanes) is 5. The van der Waals surface area contributed by atoms with E-state index in [1.165, 1.54) is 0 Å². The number of para-hydroxylation sites is 1. The van der Waals surface area contributed by atoms with Crippen molar-refractivity contribution in [1.82, 2.24) is 15.5 Å². The second-order valence-corrected chi connectivity index (χ2v) is 9.78. The van der Waals surface area contributed by atoms with Gasteiger partial charge in [-0.05, 0) is 59.1 Å². The van der Waals surface area contributed by atoms with E-state index in [0.29, 0.717) is 26.2 Å². The highest BCUT2D eigenvalue weighted by Crippen LogP contribution is 2.18. The number of urea groups is 1. The first kappa shape index (κ1) is 28.4. The number of fused-ring (bicyclic) bond motifs is 1. The largest absolute Gasteiger partial charge is 0.493 e. The monoisotopic (exact) mass is 489 g/mol. The van der Waals surface area contributed by atoms with Crippen LogP contribution in [-0.4, -0.2) is 54.8 Å². The number of aliphatic imine (C=N–C) groups is 1. The fourth-order valence-corrected chi connectivity index (χ4v) is 3.69. The number of carbonyl (C=O) groups is 2. The van der Waals surface area contributed by atoms with Gasteiger partial charge < -0.3 is 25.4 Å². The fourth-order valence-electron chi connectivity index (χ4n) is 3.69. The molecule has 9 nitrogen and oxygen atoms in total. The van der Waals surface area contributed by atoms with Gasteiger partial charge in [0.15, 0.2) is 0 Å². The van der Waals surface area contributed by atoms with Gasteiger partial charge in [-0.1, -0.05) is 43.9 Å². The van der Waals surface area contributed by atoms with Crippen molar-refractivity contribution >= 4 is 18.1 Å². The summed E-state index contributed by atoms with van der Waals surface area (Å²) < 4.78 is 11.3. The summed E-state index contributed by atoms with van der Waals surface area (Å²) in [6, 6.07) is 7.42. The Labute approximate surface area is 209 Å². The smallest absolute Gasteiger partial charge is 0.437 e. The molecule has 1 aromatic carbocycles. The molecule has 0 spiro atoms. The van der Waals surface area contributed by atoms with E-state index >= 15 is 0 Å². The first-order valence-corrected chi connectivity index (χ1v) is 12.8. The van der Waals surface area contributed by atoms with Crippen LogP contribution >= 0.6 is 0 Å². The zero-order chi connectivity index (χ0) is 25.5. The topological polar surface area (TPSA) is 118 Å². The van der Waals surface area contributed by atoms with Gasteiger partial charge in [-0.2, -0.15) is 0 Å². The Morgan fingerprint density at radius 3 is 2.57 bits per heavy atom. The van der Waals surface area contributed by atoms with Crippen LogP contribution in [0.15, 0.2) is 29.3 Å². The number of carbonyl (C=O) groups excluding carboxylic acids is 2. The van der Waals surface area contributed by atoms with Crippen LogP contribution in [0.5, 0.6) is 5.75 Å². The molecule has 1 aliphatic heterocycles. The number of ether oxygens (including phenoxy) is 2. The fraction of sp³-hybridized carbons (Fsp3) is 0.654. The summed E-state index contributed by atoms with van der Waals surface area (Å²) in [6.45, 7) is 8.21. The Balaban J connectivity index is 2.09. The molecule has 0 atom stereocenters. The number of nitrogens with two attached hydrogens (primary N) is 1. The molecular formula is C26H43N5O4. The summed E-state index contributed by atoms with van der Waals surface area (Å²) in [5.74, 6) is 0.832. The Hall–Kier alpha value is -2.81.